The molecule has 2 atom stereocenters. The third-order valence-electron chi connectivity index (χ3n) is 6.23. The third kappa shape index (κ3) is 3.27. The van der Waals surface area contributed by atoms with Gasteiger partial charge in [-0.05, 0) is 55.5 Å². The monoisotopic (exact) mass is 366 g/mol. The van der Waals surface area contributed by atoms with E-state index in [4.69, 9.17) is 4.74 Å². The Kier molecular flexibility index (Phi) is 4.77. The van der Waals surface area contributed by atoms with E-state index < -0.39 is 5.41 Å². The number of hydrogen-bond donors (Lipinski definition) is 1. The van der Waals surface area contributed by atoms with Gasteiger partial charge in [-0.25, -0.2) is 0 Å². The molecule has 0 bridgehead atoms. The van der Waals surface area contributed by atoms with Gasteiger partial charge < -0.3 is 15.0 Å². The van der Waals surface area contributed by atoms with E-state index in [1.54, 1.807) is 0 Å². The summed E-state index contributed by atoms with van der Waals surface area (Å²) in [7, 11) is 0. The van der Waals surface area contributed by atoms with Crippen molar-refractivity contribution < 1.29 is 14.3 Å². The van der Waals surface area contributed by atoms with Gasteiger partial charge in [-0.15, -0.1) is 0 Å². The van der Waals surface area contributed by atoms with Crippen molar-refractivity contribution in [1.82, 2.24) is 10.2 Å². The van der Waals surface area contributed by atoms with Gasteiger partial charge in [-0.1, -0.05) is 30.3 Å². The quantitative estimate of drug-likeness (QED) is 0.908. The Morgan fingerprint density at radius 1 is 1.19 bits per heavy atom. The lowest BCUT2D eigenvalue weighted by atomic mass is 9.68. The van der Waals surface area contributed by atoms with Crippen LogP contribution >= 0.6 is 0 Å². The number of rotatable bonds is 3. The number of ether oxygens (including phenoxy) is 1. The van der Waals surface area contributed by atoms with E-state index in [-0.39, 0.29) is 24.5 Å². The molecule has 0 radical (unpaired) electrons. The van der Waals surface area contributed by atoms with E-state index in [1.807, 2.05) is 54.3 Å². The zero-order valence-electron chi connectivity index (χ0n) is 15.7. The van der Waals surface area contributed by atoms with Crippen LogP contribution in [0.5, 0.6) is 5.75 Å². The number of nitrogens with zero attached hydrogens (tertiary/aromatic N) is 1. The molecule has 2 saturated heterocycles. The van der Waals surface area contributed by atoms with Crippen LogP contribution in [0, 0.1) is 5.41 Å². The second kappa shape index (κ2) is 7.22. The van der Waals surface area contributed by atoms with Crippen LogP contribution in [0.15, 0.2) is 42.5 Å². The lowest BCUT2D eigenvalue weighted by molar-refractivity contribution is -0.151. The van der Waals surface area contributed by atoms with Crippen LogP contribution in [0.25, 0.3) is 10.8 Å². The van der Waals surface area contributed by atoms with E-state index in [0.29, 0.717) is 12.3 Å². The average molecular weight is 366 g/mol. The zero-order chi connectivity index (χ0) is 18.9. The Hall–Kier alpha value is -2.56. The first-order valence-corrected chi connectivity index (χ1v) is 9.79. The molecule has 1 N–H and O–H groups in total. The number of carbonyl (C=O) groups excluding carboxylic acids is 2. The molecule has 0 saturated carbocycles. The lowest BCUT2D eigenvalue weighted by Crippen LogP contribution is -2.61. The third-order valence-corrected chi connectivity index (χ3v) is 6.23. The Morgan fingerprint density at radius 2 is 1.96 bits per heavy atom. The molecule has 1 spiro atoms. The number of likely N-dealkylation sites (tertiary alicyclic amines) is 1. The predicted molar refractivity (Wildman–Crippen MR) is 105 cm³/mol. The fourth-order valence-electron chi connectivity index (χ4n) is 4.62. The van der Waals surface area contributed by atoms with Gasteiger partial charge in [-0.2, -0.15) is 0 Å². The van der Waals surface area contributed by atoms with Crippen LogP contribution < -0.4 is 10.1 Å². The summed E-state index contributed by atoms with van der Waals surface area (Å²) in [6, 6.07) is 13.8. The van der Waals surface area contributed by atoms with Gasteiger partial charge in [0.2, 0.25) is 5.91 Å². The van der Waals surface area contributed by atoms with Crippen molar-refractivity contribution in [2.75, 3.05) is 19.7 Å². The first-order chi connectivity index (χ1) is 13.1. The van der Waals surface area contributed by atoms with E-state index in [1.165, 1.54) is 0 Å². The molecule has 2 aliphatic rings. The molecule has 4 rings (SSSR count). The Morgan fingerprint density at radius 3 is 2.78 bits per heavy atom. The van der Waals surface area contributed by atoms with Gasteiger partial charge in [0.25, 0.3) is 5.91 Å². The lowest BCUT2D eigenvalue weighted by Gasteiger charge is -2.49. The molecule has 0 unspecified atom stereocenters. The van der Waals surface area contributed by atoms with Crippen LogP contribution in [0.3, 0.4) is 0 Å². The summed E-state index contributed by atoms with van der Waals surface area (Å²) < 4.78 is 5.79. The highest BCUT2D eigenvalue weighted by Gasteiger charge is 2.49. The molecule has 2 aliphatic heterocycles. The van der Waals surface area contributed by atoms with Crippen molar-refractivity contribution in [3.63, 3.8) is 0 Å². The first kappa shape index (κ1) is 17.8. The largest absolute Gasteiger partial charge is 0.484 e. The molecule has 5 nitrogen and oxygen atoms in total. The molecule has 5 heteroatoms. The zero-order valence-corrected chi connectivity index (χ0v) is 15.7. The average Bonchev–Trinajstić information content (AvgIpc) is 2.70. The summed E-state index contributed by atoms with van der Waals surface area (Å²) in [5.41, 5.74) is -0.435. The number of carbonyl (C=O) groups is 2. The molecule has 27 heavy (non-hydrogen) atoms. The van der Waals surface area contributed by atoms with Gasteiger partial charge >= 0.3 is 0 Å². The van der Waals surface area contributed by atoms with E-state index in [2.05, 4.69) is 5.32 Å². The summed E-state index contributed by atoms with van der Waals surface area (Å²) in [5.74, 6) is 0.749. The Bertz CT molecular complexity index is 862. The highest BCUT2D eigenvalue weighted by Crippen LogP contribution is 2.41. The second-order valence-corrected chi connectivity index (χ2v) is 7.68. The molecular formula is C22H26N2O3. The van der Waals surface area contributed by atoms with E-state index in [9.17, 15) is 9.59 Å². The minimum absolute atomic E-state index is 0.000376. The maximum Gasteiger partial charge on any atom is 0.260 e. The summed E-state index contributed by atoms with van der Waals surface area (Å²) in [6.07, 6.45) is 3.55. The highest BCUT2D eigenvalue weighted by molar-refractivity contribution is 5.86. The fraction of sp³-hybridized carbons (Fsp3) is 0.455. The van der Waals surface area contributed by atoms with Crippen molar-refractivity contribution in [2.24, 2.45) is 5.41 Å². The number of hydrogen-bond acceptors (Lipinski definition) is 3. The van der Waals surface area contributed by atoms with Crippen molar-refractivity contribution >= 4 is 22.6 Å². The Balaban J connectivity index is 1.44. The Labute approximate surface area is 159 Å². The van der Waals surface area contributed by atoms with E-state index in [0.717, 1.165) is 43.0 Å². The van der Waals surface area contributed by atoms with Gasteiger partial charge in [-0.3, -0.25) is 9.59 Å². The summed E-state index contributed by atoms with van der Waals surface area (Å²) in [4.78, 5) is 27.3. The van der Waals surface area contributed by atoms with Crippen molar-refractivity contribution in [3.8, 4) is 5.75 Å². The first-order valence-electron chi connectivity index (χ1n) is 9.79. The van der Waals surface area contributed by atoms with E-state index >= 15 is 0 Å². The number of fused-ring (bicyclic) bond motifs is 1. The standard InChI is InChI=1S/C22H26N2O3/c1-16-22(10-4-12-23-21(22)26)11-5-13-24(16)20(25)15-27-19-9-8-17-6-2-3-7-18(17)14-19/h2-3,6-9,14,16H,4-5,10-13,15H2,1H3,(H,23,26)/t16-,22+/m1/s1. The van der Waals surface area contributed by atoms with Gasteiger partial charge in [0, 0.05) is 19.1 Å². The molecular weight excluding hydrogens is 340 g/mol. The molecule has 2 heterocycles. The highest BCUT2D eigenvalue weighted by atomic mass is 16.5. The number of benzene rings is 2. The molecule has 142 valence electrons. The van der Waals surface area contributed by atoms with Crippen molar-refractivity contribution in [3.05, 3.63) is 42.5 Å². The van der Waals surface area contributed by atoms with Crippen LogP contribution in [0.4, 0.5) is 0 Å². The molecule has 2 fully saturated rings. The minimum Gasteiger partial charge on any atom is -0.484 e. The normalized spacial score (nSPS) is 25.4. The number of nitrogens with one attached hydrogen (secondary N) is 1. The van der Waals surface area contributed by atoms with Crippen LogP contribution in [0.2, 0.25) is 0 Å². The molecule has 2 aromatic carbocycles. The summed E-state index contributed by atoms with van der Waals surface area (Å²) in [5, 5.41) is 5.23. The number of piperidine rings is 2. The summed E-state index contributed by atoms with van der Waals surface area (Å²) in [6.45, 7) is 3.45. The van der Waals surface area contributed by atoms with Crippen LogP contribution in [-0.4, -0.2) is 42.5 Å². The maximum absolute atomic E-state index is 12.8. The van der Waals surface area contributed by atoms with Crippen molar-refractivity contribution in [1.29, 1.82) is 0 Å². The van der Waals surface area contributed by atoms with Gasteiger partial charge in [0.1, 0.15) is 5.75 Å². The topological polar surface area (TPSA) is 58.6 Å². The fourth-order valence-corrected chi connectivity index (χ4v) is 4.62. The smallest absolute Gasteiger partial charge is 0.260 e. The minimum atomic E-state index is -0.435. The number of amides is 2. The van der Waals surface area contributed by atoms with Crippen LogP contribution in [0.1, 0.15) is 32.6 Å². The maximum atomic E-state index is 12.8. The SMILES string of the molecule is C[C@H]1N(C(=O)COc2ccc3ccccc3c2)CCC[C@@]12CCCNC2=O. The van der Waals surface area contributed by atoms with Crippen molar-refractivity contribution in [2.45, 2.75) is 38.6 Å². The molecule has 0 aromatic heterocycles. The summed E-state index contributed by atoms with van der Waals surface area (Å²) >= 11 is 0. The second-order valence-electron chi connectivity index (χ2n) is 7.68. The molecule has 2 amide bonds. The molecule has 2 aromatic rings. The van der Waals surface area contributed by atoms with Crippen LogP contribution in [-0.2, 0) is 9.59 Å². The van der Waals surface area contributed by atoms with Gasteiger partial charge in [0.15, 0.2) is 6.61 Å². The van der Waals surface area contributed by atoms with Gasteiger partial charge in [0.05, 0.1) is 5.41 Å². The molecule has 0 aliphatic carbocycles. The predicted octanol–water partition coefficient (Wildman–Crippen LogP) is 3.13.